The van der Waals surface area contributed by atoms with Crippen LogP contribution in [0.25, 0.3) is 0 Å². The smallest absolute Gasteiger partial charge is 0.227 e. The zero-order valence-corrected chi connectivity index (χ0v) is 14.8. The van der Waals surface area contributed by atoms with Crippen molar-refractivity contribution in [1.82, 2.24) is 14.8 Å². The Labute approximate surface area is 152 Å². The summed E-state index contributed by atoms with van der Waals surface area (Å²) in [6.07, 6.45) is 4.46. The molecule has 1 fully saturated rings. The maximum absolute atomic E-state index is 13.0. The minimum absolute atomic E-state index is 0.00554. The van der Waals surface area contributed by atoms with Crippen LogP contribution in [0.4, 0.5) is 4.39 Å². The molecule has 1 aliphatic heterocycles. The number of halogens is 1. The summed E-state index contributed by atoms with van der Waals surface area (Å²) < 4.78 is 13.0. The number of hydrogen-bond donors (Lipinski definition) is 0. The third-order valence-electron chi connectivity index (χ3n) is 4.71. The van der Waals surface area contributed by atoms with Crippen LogP contribution in [-0.4, -0.2) is 46.7 Å². The maximum Gasteiger partial charge on any atom is 0.227 e. The van der Waals surface area contributed by atoms with E-state index in [-0.39, 0.29) is 30.0 Å². The van der Waals surface area contributed by atoms with E-state index >= 15 is 0 Å². The monoisotopic (exact) mass is 355 g/mol. The number of nitrogens with zero attached hydrogens (tertiary/aromatic N) is 3. The summed E-state index contributed by atoms with van der Waals surface area (Å²) >= 11 is 0. The van der Waals surface area contributed by atoms with Crippen LogP contribution >= 0.6 is 0 Å². The number of likely N-dealkylation sites (N-methyl/N-ethyl adjacent to an activating group) is 1. The van der Waals surface area contributed by atoms with E-state index in [0.717, 1.165) is 17.5 Å². The van der Waals surface area contributed by atoms with Gasteiger partial charge in [-0.3, -0.25) is 14.6 Å². The highest BCUT2D eigenvalue weighted by Crippen LogP contribution is 2.22. The Kier molecular flexibility index (Phi) is 5.61. The van der Waals surface area contributed by atoms with Gasteiger partial charge in [-0.25, -0.2) is 4.39 Å². The van der Waals surface area contributed by atoms with Crippen molar-refractivity contribution in [2.24, 2.45) is 5.92 Å². The van der Waals surface area contributed by atoms with Gasteiger partial charge >= 0.3 is 0 Å². The first-order valence-corrected chi connectivity index (χ1v) is 8.69. The van der Waals surface area contributed by atoms with Crippen LogP contribution in [-0.2, 0) is 22.6 Å². The van der Waals surface area contributed by atoms with Gasteiger partial charge in [0.2, 0.25) is 11.8 Å². The average molecular weight is 355 g/mol. The number of rotatable bonds is 6. The molecule has 6 heteroatoms. The van der Waals surface area contributed by atoms with Gasteiger partial charge in [-0.05, 0) is 41.8 Å². The molecule has 1 unspecified atom stereocenters. The number of likely N-dealkylation sites (tertiary alicyclic amines) is 1. The van der Waals surface area contributed by atoms with E-state index in [0.29, 0.717) is 19.6 Å². The normalized spacial score (nSPS) is 16.8. The number of carbonyl (C=O) groups is 2. The molecule has 1 saturated heterocycles. The van der Waals surface area contributed by atoms with Crippen molar-refractivity contribution in [2.45, 2.75) is 19.4 Å². The van der Waals surface area contributed by atoms with Gasteiger partial charge in [-0.1, -0.05) is 12.1 Å². The van der Waals surface area contributed by atoms with Crippen molar-refractivity contribution in [2.75, 3.05) is 20.1 Å². The largest absolute Gasteiger partial charge is 0.345 e. The fourth-order valence-electron chi connectivity index (χ4n) is 3.17. The molecule has 2 heterocycles. The molecule has 0 spiro atoms. The van der Waals surface area contributed by atoms with Crippen molar-refractivity contribution < 1.29 is 14.0 Å². The van der Waals surface area contributed by atoms with Gasteiger partial charge in [-0.15, -0.1) is 0 Å². The van der Waals surface area contributed by atoms with Gasteiger partial charge in [0, 0.05) is 45.5 Å². The number of aromatic nitrogens is 1. The van der Waals surface area contributed by atoms with Crippen LogP contribution in [0.1, 0.15) is 17.5 Å². The van der Waals surface area contributed by atoms with Gasteiger partial charge in [-0.2, -0.15) is 0 Å². The molecule has 136 valence electrons. The second-order valence-corrected chi connectivity index (χ2v) is 6.67. The summed E-state index contributed by atoms with van der Waals surface area (Å²) in [5, 5.41) is 0. The molecule has 1 aliphatic rings. The van der Waals surface area contributed by atoms with E-state index in [9.17, 15) is 14.0 Å². The van der Waals surface area contributed by atoms with Crippen LogP contribution in [0.3, 0.4) is 0 Å². The van der Waals surface area contributed by atoms with Gasteiger partial charge in [0.15, 0.2) is 0 Å². The Balaban J connectivity index is 1.53. The molecule has 1 aromatic heterocycles. The fraction of sp³-hybridized carbons (Fsp3) is 0.350. The van der Waals surface area contributed by atoms with Crippen molar-refractivity contribution >= 4 is 11.8 Å². The molecule has 0 saturated carbocycles. The van der Waals surface area contributed by atoms with Crippen LogP contribution in [0.5, 0.6) is 0 Å². The van der Waals surface area contributed by atoms with Gasteiger partial charge < -0.3 is 9.80 Å². The van der Waals surface area contributed by atoms with E-state index in [1.165, 1.54) is 12.1 Å². The Hall–Kier alpha value is -2.76. The molecule has 0 N–H and O–H groups in total. The molecule has 0 bridgehead atoms. The lowest BCUT2D eigenvalue weighted by atomic mass is 10.1. The molecule has 2 aromatic rings. The summed E-state index contributed by atoms with van der Waals surface area (Å²) in [5.74, 6) is -0.653. The zero-order valence-electron chi connectivity index (χ0n) is 14.8. The predicted molar refractivity (Wildman–Crippen MR) is 95.5 cm³/mol. The number of carbonyl (C=O) groups excluding carboxylic acids is 2. The van der Waals surface area contributed by atoms with Crippen LogP contribution < -0.4 is 0 Å². The molecule has 0 aliphatic carbocycles. The second-order valence-electron chi connectivity index (χ2n) is 6.67. The third-order valence-corrected chi connectivity index (χ3v) is 4.71. The molecule has 2 amide bonds. The van der Waals surface area contributed by atoms with Crippen LogP contribution in [0, 0.1) is 11.7 Å². The number of pyridine rings is 1. The summed E-state index contributed by atoms with van der Waals surface area (Å²) in [6, 6.07) is 9.96. The lowest BCUT2D eigenvalue weighted by Crippen LogP contribution is -2.35. The number of amides is 2. The summed E-state index contributed by atoms with van der Waals surface area (Å²) in [6.45, 7) is 1.42. The minimum atomic E-state index is -0.314. The molecule has 3 rings (SSSR count). The van der Waals surface area contributed by atoms with Gasteiger partial charge in [0.25, 0.3) is 0 Å². The quantitative estimate of drug-likeness (QED) is 0.799. The predicted octanol–water partition coefficient (Wildman–Crippen LogP) is 2.27. The maximum atomic E-state index is 13.0. The first-order chi connectivity index (χ1) is 12.5. The molecular formula is C20H22FN3O2. The van der Waals surface area contributed by atoms with E-state index in [1.807, 2.05) is 12.1 Å². The highest BCUT2D eigenvalue weighted by atomic mass is 19.1. The lowest BCUT2D eigenvalue weighted by Gasteiger charge is -2.21. The molecule has 26 heavy (non-hydrogen) atoms. The van der Waals surface area contributed by atoms with Gasteiger partial charge in [0.05, 0.1) is 5.92 Å². The molecule has 1 aromatic carbocycles. The Bertz CT molecular complexity index is 764. The molecule has 5 nitrogen and oxygen atoms in total. The Morgan fingerprint density at radius 2 is 1.88 bits per heavy atom. The highest BCUT2D eigenvalue weighted by Gasteiger charge is 2.35. The van der Waals surface area contributed by atoms with Crippen molar-refractivity contribution in [3.63, 3.8) is 0 Å². The van der Waals surface area contributed by atoms with E-state index in [4.69, 9.17) is 0 Å². The SMILES string of the molecule is CN(CCc1ccncc1)C(=O)C1CC(=O)N(Cc2ccc(F)cc2)C1. The standard InChI is InChI=1S/C20H22FN3O2/c1-23(11-8-15-6-9-22-10-7-15)20(26)17-12-19(25)24(14-17)13-16-2-4-18(21)5-3-16/h2-7,9-10,17H,8,11-14H2,1H3. The van der Waals surface area contributed by atoms with Crippen LogP contribution in [0.2, 0.25) is 0 Å². The van der Waals surface area contributed by atoms with Crippen molar-refractivity contribution in [3.8, 4) is 0 Å². The van der Waals surface area contributed by atoms with Crippen molar-refractivity contribution in [3.05, 3.63) is 65.7 Å². The minimum Gasteiger partial charge on any atom is -0.345 e. The number of hydrogen-bond acceptors (Lipinski definition) is 3. The average Bonchev–Trinajstić information content (AvgIpc) is 3.02. The summed E-state index contributed by atoms with van der Waals surface area (Å²) in [4.78, 5) is 32.2. The van der Waals surface area contributed by atoms with E-state index in [1.54, 1.807) is 41.4 Å². The number of benzene rings is 1. The summed E-state index contributed by atoms with van der Waals surface area (Å²) in [5.41, 5.74) is 1.99. The van der Waals surface area contributed by atoms with E-state index in [2.05, 4.69) is 4.98 Å². The summed E-state index contributed by atoms with van der Waals surface area (Å²) in [7, 11) is 1.77. The fourth-order valence-corrected chi connectivity index (χ4v) is 3.17. The first-order valence-electron chi connectivity index (χ1n) is 8.69. The molecule has 1 atom stereocenters. The molecule has 0 radical (unpaired) electrons. The first kappa shape index (κ1) is 18.0. The Morgan fingerprint density at radius 1 is 1.19 bits per heavy atom. The van der Waals surface area contributed by atoms with Crippen molar-refractivity contribution in [1.29, 1.82) is 0 Å². The van der Waals surface area contributed by atoms with E-state index < -0.39 is 0 Å². The van der Waals surface area contributed by atoms with Crippen LogP contribution in [0.15, 0.2) is 48.8 Å². The lowest BCUT2D eigenvalue weighted by molar-refractivity contribution is -0.134. The zero-order chi connectivity index (χ0) is 18.5. The Morgan fingerprint density at radius 3 is 2.58 bits per heavy atom. The molecular weight excluding hydrogens is 333 g/mol. The highest BCUT2D eigenvalue weighted by molar-refractivity contribution is 5.89. The third kappa shape index (κ3) is 4.45. The second kappa shape index (κ2) is 8.08. The topological polar surface area (TPSA) is 53.5 Å². The van der Waals surface area contributed by atoms with Gasteiger partial charge in [0.1, 0.15) is 5.82 Å².